The zero-order chi connectivity index (χ0) is 12.8. The summed E-state index contributed by atoms with van der Waals surface area (Å²) in [5.41, 5.74) is 0. The summed E-state index contributed by atoms with van der Waals surface area (Å²) in [7, 11) is 1.32. The number of hydrogen-bond acceptors (Lipinski definition) is 3. The number of urea groups is 1. The normalized spacial score (nSPS) is 23.5. The predicted molar refractivity (Wildman–Crippen MR) is 55.7 cm³/mol. The van der Waals surface area contributed by atoms with E-state index in [0.717, 1.165) is 0 Å². The van der Waals surface area contributed by atoms with Crippen LogP contribution in [-0.4, -0.2) is 38.1 Å². The van der Waals surface area contributed by atoms with Crippen LogP contribution in [0.2, 0.25) is 0 Å². The molecule has 0 bridgehead atoms. The lowest BCUT2D eigenvalue weighted by molar-refractivity contribution is -0.145. The fourth-order valence-corrected chi connectivity index (χ4v) is 1.90. The molecule has 1 aliphatic rings. The van der Waals surface area contributed by atoms with Crippen molar-refractivity contribution >= 4 is 12.0 Å². The van der Waals surface area contributed by atoms with Crippen LogP contribution in [0.3, 0.4) is 0 Å². The number of alkyl halides is 2. The van der Waals surface area contributed by atoms with E-state index in [4.69, 9.17) is 0 Å². The van der Waals surface area contributed by atoms with Gasteiger partial charge in [-0.2, -0.15) is 0 Å². The average Bonchev–Trinajstić information content (AvgIpc) is 2.73. The molecule has 1 aliphatic carbocycles. The van der Waals surface area contributed by atoms with E-state index in [9.17, 15) is 18.4 Å². The van der Waals surface area contributed by atoms with E-state index >= 15 is 0 Å². The third kappa shape index (κ3) is 4.54. The third-order valence-corrected chi connectivity index (χ3v) is 2.72. The van der Waals surface area contributed by atoms with Crippen molar-refractivity contribution in [3.8, 4) is 0 Å². The first-order valence-corrected chi connectivity index (χ1v) is 5.43. The van der Waals surface area contributed by atoms with Crippen LogP contribution in [0.15, 0.2) is 0 Å². The highest BCUT2D eigenvalue weighted by Gasteiger charge is 2.31. The quantitative estimate of drug-likeness (QED) is 0.728. The highest BCUT2D eigenvalue weighted by atomic mass is 19.3. The molecule has 5 nitrogen and oxygen atoms in total. The molecule has 0 radical (unpaired) electrons. The second-order valence-electron chi connectivity index (χ2n) is 3.98. The van der Waals surface area contributed by atoms with Gasteiger partial charge < -0.3 is 15.4 Å². The van der Waals surface area contributed by atoms with Gasteiger partial charge in [-0.3, -0.25) is 4.79 Å². The van der Waals surface area contributed by atoms with Gasteiger partial charge in [-0.05, 0) is 19.3 Å². The Bertz CT molecular complexity index is 287. The van der Waals surface area contributed by atoms with E-state index in [2.05, 4.69) is 15.4 Å². The molecule has 0 saturated heterocycles. The van der Waals surface area contributed by atoms with Crippen LogP contribution in [0.25, 0.3) is 0 Å². The maximum absolute atomic E-state index is 11.8. The van der Waals surface area contributed by atoms with Crippen molar-refractivity contribution in [1.29, 1.82) is 0 Å². The lowest BCUT2D eigenvalue weighted by Crippen LogP contribution is -2.42. The molecule has 0 aromatic rings. The number of hydrogen-bond donors (Lipinski definition) is 2. The van der Waals surface area contributed by atoms with Crippen LogP contribution >= 0.6 is 0 Å². The molecular weight excluding hydrogens is 234 g/mol. The molecule has 2 amide bonds. The SMILES string of the molecule is COC(=O)[C@@H]1CC[C@H](NC(=O)NCC(F)F)C1. The number of nitrogens with one attached hydrogen (secondary N) is 2. The van der Waals surface area contributed by atoms with Gasteiger partial charge in [0.1, 0.15) is 0 Å². The van der Waals surface area contributed by atoms with Gasteiger partial charge in [-0.1, -0.05) is 0 Å². The highest BCUT2D eigenvalue weighted by molar-refractivity contribution is 5.75. The molecule has 1 rings (SSSR count). The lowest BCUT2D eigenvalue weighted by atomic mass is 10.1. The van der Waals surface area contributed by atoms with Crippen LogP contribution in [0.4, 0.5) is 13.6 Å². The Kier molecular flexibility index (Phi) is 5.11. The number of carbonyl (C=O) groups is 2. The summed E-state index contributed by atoms with van der Waals surface area (Å²) in [6.45, 7) is -0.668. The Balaban J connectivity index is 2.25. The smallest absolute Gasteiger partial charge is 0.315 e. The molecule has 17 heavy (non-hydrogen) atoms. The number of rotatable bonds is 4. The largest absolute Gasteiger partial charge is 0.469 e. The Labute approximate surface area is 97.9 Å². The molecule has 98 valence electrons. The second kappa shape index (κ2) is 6.36. The van der Waals surface area contributed by atoms with Crippen molar-refractivity contribution in [2.45, 2.75) is 31.7 Å². The molecule has 0 heterocycles. The second-order valence-corrected chi connectivity index (χ2v) is 3.98. The summed E-state index contributed by atoms with van der Waals surface area (Å²) in [5, 5.41) is 4.60. The molecule has 0 aliphatic heterocycles. The van der Waals surface area contributed by atoms with Crippen LogP contribution < -0.4 is 10.6 Å². The minimum absolute atomic E-state index is 0.156. The van der Waals surface area contributed by atoms with E-state index in [1.165, 1.54) is 7.11 Å². The Hall–Kier alpha value is -1.40. The third-order valence-electron chi connectivity index (χ3n) is 2.72. The Morgan fingerprint density at radius 1 is 1.41 bits per heavy atom. The number of ether oxygens (including phenoxy) is 1. The Morgan fingerprint density at radius 2 is 2.12 bits per heavy atom. The lowest BCUT2D eigenvalue weighted by Gasteiger charge is -2.13. The monoisotopic (exact) mass is 250 g/mol. The van der Waals surface area contributed by atoms with Gasteiger partial charge in [0.15, 0.2) is 0 Å². The van der Waals surface area contributed by atoms with Crippen molar-refractivity contribution in [1.82, 2.24) is 10.6 Å². The van der Waals surface area contributed by atoms with E-state index in [0.29, 0.717) is 19.3 Å². The van der Waals surface area contributed by atoms with Gasteiger partial charge in [0, 0.05) is 6.04 Å². The van der Waals surface area contributed by atoms with Gasteiger partial charge >= 0.3 is 12.0 Å². The number of esters is 1. The minimum Gasteiger partial charge on any atom is -0.469 e. The van der Waals surface area contributed by atoms with E-state index < -0.39 is 19.0 Å². The summed E-state index contributed by atoms with van der Waals surface area (Å²) in [5.74, 6) is -0.498. The first-order chi connectivity index (χ1) is 8.02. The van der Waals surface area contributed by atoms with Crippen LogP contribution in [-0.2, 0) is 9.53 Å². The molecular formula is C10H16F2N2O3. The molecule has 0 aromatic heterocycles. The van der Waals surface area contributed by atoms with Crippen LogP contribution in [0.5, 0.6) is 0 Å². The predicted octanol–water partition coefficient (Wildman–Crippen LogP) is 0.892. The average molecular weight is 250 g/mol. The van der Waals surface area contributed by atoms with Gasteiger partial charge in [0.05, 0.1) is 19.6 Å². The van der Waals surface area contributed by atoms with Crippen molar-refractivity contribution in [2.24, 2.45) is 5.92 Å². The molecule has 0 unspecified atom stereocenters. The van der Waals surface area contributed by atoms with E-state index in [1.54, 1.807) is 0 Å². The molecule has 0 aromatic carbocycles. The number of amides is 2. The maximum Gasteiger partial charge on any atom is 0.315 e. The van der Waals surface area contributed by atoms with Gasteiger partial charge in [-0.25, -0.2) is 13.6 Å². The summed E-state index contributed by atoms with van der Waals surface area (Å²) in [4.78, 5) is 22.4. The first kappa shape index (κ1) is 13.7. The molecule has 7 heteroatoms. The maximum atomic E-state index is 11.8. The van der Waals surface area contributed by atoms with Crippen molar-refractivity contribution in [2.75, 3.05) is 13.7 Å². The van der Waals surface area contributed by atoms with E-state index in [-0.39, 0.29) is 17.9 Å². The van der Waals surface area contributed by atoms with Gasteiger partial charge in [-0.15, -0.1) is 0 Å². The van der Waals surface area contributed by atoms with Crippen molar-refractivity contribution in [3.05, 3.63) is 0 Å². The molecule has 1 fully saturated rings. The van der Waals surface area contributed by atoms with Gasteiger partial charge in [0.25, 0.3) is 6.43 Å². The number of methoxy groups -OCH3 is 1. The Morgan fingerprint density at radius 3 is 2.71 bits per heavy atom. The standard InChI is InChI=1S/C10H16F2N2O3/c1-17-9(15)6-2-3-7(4-6)14-10(16)13-5-8(11)12/h6-8H,2-5H2,1H3,(H2,13,14,16)/t6-,7+/m1/s1. The van der Waals surface area contributed by atoms with Gasteiger partial charge in [0.2, 0.25) is 0 Å². The van der Waals surface area contributed by atoms with E-state index in [1.807, 2.05) is 0 Å². The molecule has 1 saturated carbocycles. The number of halogens is 2. The van der Waals surface area contributed by atoms with Crippen molar-refractivity contribution in [3.63, 3.8) is 0 Å². The topological polar surface area (TPSA) is 67.4 Å². The zero-order valence-electron chi connectivity index (χ0n) is 9.54. The molecule has 2 atom stereocenters. The molecule has 2 N–H and O–H groups in total. The minimum atomic E-state index is -2.56. The summed E-state index contributed by atoms with van der Waals surface area (Å²) < 4.78 is 28.2. The fourth-order valence-electron chi connectivity index (χ4n) is 1.90. The molecule has 0 spiro atoms. The fraction of sp³-hybridized carbons (Fsp3) is 0.800. The number of carbonyl (C=O) groups excluding carboxylic acids is 2. The highest BCUT2D eigenvalue weighted by Crippen LogP contribution is 2.26. The van der Waals surface area contributed by atoms with Crippen LogP contribution in [0, 0.1) is 5.92 Å². The summed E-state index contributed by atoms with van der Waals surface area (Å²) in [6.07, 6.45) is -0.768. The first-order valence-electron chi connectivity index (χ1n) is 5.43. The summed E-state index contributed by atoms with van der Waals surface area (Å²) >= 11 is 0. The van der Waals surface area contributed by atoms with Crippen molar-refractivity contribution < 1.29 is 23.1 Å². The summed E-state index contributed by atoms with van der Waals surface area (Å²) in [6, 6.07) is -0.780. The van der Waals surface area contributed by atoms with Crippen LogP contribution in [0.1, 0.15) is 19.3 Å². The zero-order valence-corrected chi connectivity index (χ0v) is 9.54.